The number of methoxy groups -OCH3 is 1. The minimum atomic E-state index is -3.74. The number of hydrogen-bond donors (Lipinski definition) is 0. The van der Waals surface area contributed by atoms with Gasteiger partial charge >= 0.3 is 0 Å². The first-order valence-corrected chi connectivity index (χ1v) is 11.4. The molecule has 0 atom stereocenters. The molecule has 0 unspecified atom stereocenters. The van der Waals surface area contributed by atoms with E-state index < -0.39 is 10.0 Å². The number of sulfonamides is 1. The summed E-state index contributed by atoms with van der Waals surface area (Å²) in [7, 11) is 1.33. The predicted molar refractivity (Wildman–Crippen MR) is 119 cm³/mol. The normalized spacial score (nSPS) is 16.1. The summed E-state index contributed by atoms with van der Waals surface area (Å²) in [6, 6.07) is 15.4. The average Bonchev–Trinajstić information content (AvgIpc) is 2.74. The van der Waals surface area contributed by atoms with E-state index >= 15 is 0 Å². The van der Waals surface area contributed by atoms with Crippen LogP contribution in [-0.4, -0.2) is 76.8 Å². The fourth-order valence-electron chi connectivity index (χ4n) is 3.44. The Balaban J connectivity index is 1.66. The van der Waals surface area contributed by atoms with Crippen molar-refractivity contribution in [3.8, 4) is 5.75 Å². The lowest BCUT2D eigenvalue weighted by Crippen LogP contribution is -2.45. The summed E-state index contributed by atoms with van der Waals surface area (Å²) in [5.74, 6) is 0.692. The molecule has 0 spiro atoms. The molecule has 1 aliphatic rings. The quantitative estimate of drug-likeness (QED) is 0.473. The summed E-state index contributed by atoms with van der Waals surface area (Å²) < 4.78 is 34.2. The van der Waals surface area contributed by atoms with Gasteiger partial charge < -0.3 is 9.64 Å². The van der Waals surface area contributed by atoms with Crippen molar-refractivity contribution in [3.05, 3.63) is 59.7 Å². The summed E-state index contributed by atoms with van der Waals surface area (Å²) in [4.78, 5) is 6.55. The van der Waals surface area contributed by atoms with Gasteiger partial charge in [0, 0.05) is 58.9 Å². The summed E-state index contributed by atoms with van der Waals surface area (Å²) >= 11 is 0. The van der Waals surface area contributed by atoms with Crippen molar-refractivity contribution < 1.29 is 13.2 Å². The number of benzene rings is 2. The Morgan fingerprint density at radius 1 is 1.00 bits per heavy atom. The highest BCUT2D eigenvalue weighted by molar-refractivity contribution is 7.90. The lowest BCUT2D eigenvalue weighted by atomic mass is 10.1. The Morgan fingerprint density at radius 3 is 2.23 bits per heavy atom. The standard InChI is InChI=1S/C22H30N4O3S/c1-24(2)18-23-30(27,28)21-9-10-22(29-3)20(15-21)17-26-13-11-25(12-14-26)16-19-7-5-4-6-8-19/h4-10,15,18H,11-14,16-17H2,1-3H3. The molecule has 0 radical (unpaired) electrons. The van der Waals surface area contributed by atoms with E-state index in [2.05, 4.69) is 38.5 Å². The van der Waals surface area contributed by atoms with Crippen LogP contribution < -0.4 is 4.74 Å². The average molecular weight is 431 g/mol. The monoisotopic (exact) mass is 430 g/mol. The second-order valence-electron chi connectivity index (χ2n) is 7.67. The number of rotatable bonds is 8. The van der Waals surface area contributed by atoms with Gasteiger partial charge in [-0.15, -0.1) is 4.40 Å². The Bertz CT molecular complexity index is 954. The van der Waals surface area contributed by atoms with Crippen LogP contribution in [0.4, 0.5) is 0 Å². The molecule has 1 aliphatic heterocycles. The van der Waals surface area contributed by atoms with E-state index in [1.807, 2.05) is 6.07 Å². The first-order valence-electron chi connectivity index (χ1n) is 10.00. The smallest absolute Gasteiger partial charge is 0.283 e. The number of piperazine rings is 1. The second kappa shape index (κ2) is 10.1. The van der Waals surface area contributed by atoms with Crippen LogP contribution in [0.2, 0.25) is 0 Å². The first-order chi connectivity index (χ1) is 14.4. The molecule has 2 aromatic carbocycles. The van der Waals surface area contributed by atoms with Crippen molar-refractivity contribution in [3.63, 3.8) is 0 Å². The van der Waals surface area contributed by atoms with Crippen molar-refractivity contribution >= 4 is 16.4 Å². The number of hydrogen-bond acceptors (Lipinski definition) is 5. The molecular weight excluding hydrogens is 400 g/mol. The van der Waals surface area contributed by atoms with E-state index in [9.17, 15) is 8.42 Å². The van der Waals surface area contributed by atoms with Crippen molar-refractivity contribution in [2.24, 2.45) is 4.40 Å². The highest BCUT2D eigenvalue weighted by Crippen LogP contribution is 2.25. The first kappa shape index (κ1) is 22.3. The van der Waals surface area contributed by atoms with E-state index in [0.717, 1.165) is 38.3 Å². The zero-order chi connectivity index (χ0) is 21.6. The van der Waals surface area contributed by atoms with Crippen LogP contribution in [0.5, 0.6) is 5.75 Å². The van der Waals surface area contributed by atoms with Gasteiger partial charge in [-0.3, -0.25) is 9.80 Å². The maximum atomic E-state index is 12.5. The molecule has 1 saturated heterocycles. The Hall–Kier alpha value is -2.42. The van der Waals surface area contributed by atoms with Crippen LogP contribution in [0.3, 0.4) is 0 Å². The van der Waals surface area contributed by atoms with E-state index in [-0.39, 0.29) is 4.90 Å². The van der Waals surface area contributed by atoms with Gasteiger partial charge in [-0.05, 0) is 23.8 Å². The van der Waals surface area contributed by atoms with Crippen LogP contribution in [0.25, 0.3) is 0 Å². The molecule has 30 heavy (non-hydrogen) atoms. The molecule has 1 fully saturated rings. The third kappa shape index (κ3) is 6.04. The molecule has 0 amide bonds. The van der Waals surface area contributed by atoms with Gasteiger partial charge in [0.2, 0.25) is 0 Å². The highest BCUT2D eigenvalue weighted by atomic mass is 32.2. The molecule has 0 N–H and O–H groups in total. The van der Waals surface area contributed by atoms with Crippen LogP contribution in [0, 0.1) is 0 Å². The molecular formula is C22H30N4O3S. The summed E-state index contributed by atoms with van der Waals surface area (Å²) in [6.45, 7) is 5.39. The van der Waals surface area contributed by atoms with Crippen LogP contribution in [0.1, 0.15) is 11.1 Å². The van der Waals surface area contributed by atoms with E-state index in [1.54, 1.807) is 44.3 Å². The van der Waals surface area contributed by atoms with E-state index in [1.165, 1.54) is 11.9 Å². The number of ether oxygens (including phenoxy) is 1. The molecule has 8 heteroatoms. The summed E-state index contributed by atoms with van der Waals surface area (Å²) in [5, 5.41) is 0. The van der Waals surface area contributed by atoms with Gasteiger partial charge in [-0.1, -0.05) is 30.3 Å². The maximum absolute atomic E-state index is 12.5. The van der Waals surface area contributed by atoms with Crippen molar-refractivity contribution in [1.82, 2.24) is 14.7 Å². The Kier molecular flexibility index (Phi) is 7.47. The second-order valence-corrected chi connectivity index (χ2v) is 9.30. The van der Waals surface area contributed by atoms with Crippen molar-refractivity contribution in [1.29, 1.82) is 0 Å². The van der Waals surface area contributed by atoms with Gasteiger partial charge in [-0.25, -0.2) is 0 Å². The highest BCUT2D eigenvalue weighted by Gasteiger charge is 2.20. The molecule has 1 heterocycles. The number of nitrogens with zero attached hydrogens (tertiary/aromatic N) is 4. The van der Waals surface area contributed by atoms with Crippen LogP contribution in [0.15, 0.2) is 57.8 Å². The van der Waals surface area contributed by atoms with Gasteiger partial charge in [0.25, 0.3) is 10.0 Å². The predicted octanol–water partition coefficient (Wildman–Crippen LogP) is 2.29. The zero-order valence-corrected chi connectivity index (χ0v) is 18.7. The van der Waals surface area contributed by atoms with Gasteiger partial charge in [0.05, 0.1) is 12.0 Å². The molecule has 0 bridgehead atoms. The van der Waals surface area contributed by atoms with Crippen LogP contribution in [-0.2, 0) is 23.1 Å². The Labute approximate surface area is 179 Å². The molecule has 7 nitrogen and oxygen atoms in total. The third-order valence-electron chi connectivity index (χ3n) is 5.07. The minimum absolute atomic E-state index is 0.180. The third-order valence-corrected chi connectivity index (χ3v) is 6.30. The van der Waals surface area contributed by atoms with Crippen molar-refractivity contribution in [2.45, 2.75) is 18.0 Å². The van der Waals surface area contributed by atoms with Gasteiger partial charge in [-0.2, -0.15) is 8.42 Å². The molecule has 0 aromatic heterocycles. The molecule has 2 aromatic rings. The minimum Gasteiger partial charge on any atom is -0.496 e. The topological polar surface area (TPSA) is 65.5 Å². The summed E-state index contributed by atoms with van der Waals surface area (Å²) in [5.41, 5.74) is 2.18. The SMILES string of the molecule is COc1ccc(S(=O)(=O)N=CN(C)C)cc1CN1CCN(Cc2ccccc2)CC1. The molecule has 0 aliphatic carbocycles. The Morgan fingerprint density at radius 2 is 1.63 bits per heavy atom. The largest absolute Gasteiger partial charge is 0.496 e. The van der Waals surface area contributed by atoms with E-state index in [0.29, 0.717) is 12.3 Å². The van der Waals surface area contributed by atoms with Crippen LogP contribution >= 0.6 is 0 Å². The maximum Gasteiger partial charge on any atom is 0.283 e. The van der Waals surface area contributed by atoms with E-state index in [4.69, 9.17) is 4.74 Å². The molecule has 3 rings (SSSR count). The molecule has 162 valence electrons. The fourth-order valence-corrected chi connectivity index (χ4v) is 4.41. The van der Waals surface area contributed by atoms with Gasteiger partial charge in [0.1, 0.15) is 12.1 Å². The lowest BCUT2D eigenvalue weighted by molar-refractivity contribution is 0.121. The van der Waals surface area contributed by atoms with Crippen molar-refractivity contribution in [2.75, 3.05) is 47.4 Å². The lowest BCUT2D eigenvalue weighted by Gasteiger charge is -2.35. The van der Waals surface area contributed by atoms with Gasteiger partial charge in [0.15, 0.2) is 0 Å². The molecule has 0 saturated carbocycles. The fraction of sp³-hybridized carbons (Fsp3) is 0.409. The zero-order valence-electron chi connectivity index (χ0n) is 17.9. The summed E-state index contributed by atoms with van der Waals surface area (Å²) in [6.07, 6.45) is 1.30.